The Kier molecular flexibility index (Phi) is 8.52. The largest absolute Gasteiger partial charge is 0.478 e. The molecule has 1 aromatic carbocycles. The predicted octanol–water partition coefficient (Wildman–Crippen LogP) is 8.85. The Morgan fingerprint density at radius 2 is 1.56 bits per heavy atom. The Balaban J connectivity index is 1.18. The number of rotatable bonds is 5. The molecule has 0 aromatic heterocycles. The van der Waals surface area contributed by atoms with Crippen LogP contribution in [-0.2, 0) is 14.6 Å². The molecule has 1 amide bonds. The number of aromatic carboxylic acids is 1. The van der Waals surface area contributed by atoms with Crippen molar-refractivity contribution in [1.82, 2.24) is 4.90 Å². The molecule has 0 spiro atoms. The maximum atomic E-state index is 13.4. The van der Waals surface area contributed by atoms with Crippen LogP contribution in [-0.4, -0.2) is 54.9 Å². The second-order valence-electron chi connectivity index (χ2n) is 18.7. The van der Waals surface area contributed by atoms with Crippen molar-refractivity contribution in [2.75, 3.05) is 24.6 Å². The molecule has 0 bridgehead atoms. The Morgan fingerprint density at radius 3 is 2.20 bits per heavy atom. The highest BCUT2D eigenvalue weighted by Crippen LogP contribution is 2.78. The summed E-state index contributed by atoms with van der Waals surface area (Å²) in [5.74, 6) is 1.86. The highest BCUT2D eigenvalue weighted by Gasteiger charge is 2.70. The molecule has 272 valence electrons. The first-order valence-corrected chi connectivity index (χ1v) is 21.1. The molecule has 1 saturated heterocycles. The number of amides is 1. The number of benzene rings is 1. The number of carbonyl (C=O) groups excluding carboxylic acids is 1. The van der Waals surface area contributed by atoms with Crippen molar-refractivity contribution < 1.29 is 23.1 Å². The smallest absolute Gasteiger partial charge is 0.335 e. The number of nitrogens with zero attached hydrogens (tertiary/aromatic N) is 1. The average Bonchev–Trinajstić information content (AvgIpc) is 3.44. The summed E-state index contributed by atoms with van der Waals surface area (Å²) in [6, 6.07) is 7.51. The van der Waals surface area contributed by atoms with Gasteiger partial charge in [-0.25, -0.2) is 13.2 Å². The zero-order valence-electron chi connectivity index (χ0n) is 31.3. The van der Waals surface area contributed by atoms with Gasteiger partial charge in [0.1, 0.15) is 0 Å². The molecule has 7 heteroatoms. The van der Waals surface area contributed by atoms with Crippen LogP contribution < -0.4 is 0 Å². The first-order chi connectivity index (χ1) is 23.4. The van der Waals surface area contributed by atoms with Crippen LogP contribution in [0.15, 0.2) is 54.6 Å². The summed E-state index contributed by atoms with van der Waals surface area (Å²) in [4.78, 5) is 26.7. The van der Waals surface area contributed by atoms with Gasteiger partial charge in [-0.15, -0.1) is 0 Å². The number of carboxylic acid groups (broad SMARTS) is 1. The molecule has 6 nitrogen and oxygen atoms in total. The molecule has 1 N–H and O–H groups in total. The molecule has 6 aliphatic rings. The molecule has 50 heavy (non-hydrogen) atoms. The number of fused-ring (bicyclic) bond motifs is 7. The first-order valence-electron chi connectivity index (χ1n) is 19.3. The summed E-state index contributed by atoms with van der Waals surface area (Å²) in [7, 11) is -3.04. The van der Waals surface area contributed by atoms with Gasteiger partial charge in [0, 0.05) is 13.1 Å². The van der Waals surface area contributed by atoms with E-state index in [1.807, 2.05) is 18.2 Å². The summed E-state index contributed by atoms with van der Waals surface area (Å²) in [5, 5.41) is 9.48. The minimum absolute atomic E-state index is 0.0176. The fourth-order valence-electron chi connectivity index (χ4n) is 13.7. The third-order valence-electron chi connectivity index (χ3n) is 16.4. The second kappa shape index (κ2) is 11.9. The van der Waals surface area contributed by atoms with Crippen LogP contribution in [0.5, 0.6) is 0 Å². The molecule has 5 fully saturated rings. The lowest BCUT2D eigenvalue weighted by atomic mass is 9.32. The monoisotopic (exact) mass is 701 g/mol. The molecule has 1 aliphatic heterocycles. The Morgan fingerprint density at radius 1 is 0.880 bits per heavy atom. The van der Waals surface area contributed by atoms with E-state index >= 15 is 0 Å². The van der Waals surface area contributed by atoms with Crippen LogP contribution in [0.1, 0.15) is 115 Å². The van der Waals surface area contributed by atoms with Gasteiger partial charge in [0.15, 0.2) is 9.84 Å². The van der Waals surface area contributed by atoms with E-state index in [2.05, 4.69) is 60.3 Å². The van der Waals surface area contributed by atoms with Gasteiger partial charge in [0.2, 0.25) is 5.91 Å². The van der Waals surface area contributed by atoms with Gasteiger partial charge < -0.3 is 10.0 Å². The summed E-state index contributed by atoms with van der Waals surface area (Å²) in [6.07, 6.45) is 17.0. The van der Waals surface area contributed by atoms with Gasteiger partial charge in [-0.1, -0.05) is 71.1 Å². The molecule has 5 aliphatic carbocycles. The van der Waals surface area contributed by atoms with Gasteiger partial charge in [0.05, 0.1) is 17.1 Å². The van der Waals surface area contributed by atoms with E-state index in [0.717, 1.165) is 31.2 Å². The third-order valence-corrected chi connectivity index (χ3v) is 18.0. The van der Waals surface area contributed by atoms with Crippen LogP contribution in [0, 0.1) is 56.7 Å². The Hall–Kier alpha value is -2.67. The van der Waals surface area contributed by atoms with Crippen LogP contribution >= 0.6 is 0 Å². The molecule has 7 rings (SSSR count). The standard InChI is InChI=1S/C43H59NO5S/c1-28(2)31-14-20-43(21-17-36(45)44-24-26-50(48,49)27-25-44)23-22-41(6)33(37(31)43)12-13-35-40(5)18-15-32(29-8-10-30(11-9-29)38(46)47)39(3,4)34(40)16-19-42(35,41)7/h8-11,15,17,21,31,33-35,37H,1,12-14,16,18-20,22-27H2,2-7H3,(H,46,47)/b21-17+/t31-,33?,34?,35?,37?,40-,41+,42+,43-/m0/s1. The predicted molar refractivity (Wildman–Crippen MR) is 200 cm³/mol. The highest BCUT2D eigenvalue weighted by molar-refractivity contribution is 7.91. The van der Waals surface area contributed by atoms with Crippen LogP contribution in [0.3, 0.4) is 0 Å². The van der Waals surface area contributed by atoms with E-state index in [4.69, 9.17) is 0 Å². The molecule has 1 heterocycles. The minimum atomic E-state index is -3.04. The maximum Gasteiger partial charge on any atom is 0.335 e. The number of hydrogen-bond acceptors (Lipinski definition) is 4. The van der Waals surface area contributed by atoms with Crippen molar-refractivity contribution in [2.24, 2.45) is 56.7 Å². The second-order valence-corrected chi connectivity index (χ2v) is 21.0. The number of carboxylic acids is 1. The minimum Gasteiger partial charge on any atom is -0.478 e. The maximum absolute atomic E-state index is 13.4. The molecular weight excluding hydrogens is 643 g/mol. The molecule has 9 atom stereocenters. The number of allylic oxidation sites excluding steroid dienone is 4. The van der Waals surface area contributed by atoms with Gasteiger partial charge >= 0.3 is 5.97 Å². The lowest BCUT2D eigenvalue weighted by Crippen LogP contribution is -2.65. The van der Waals surface area contributed by atoms with E-state index in [1.54, 1.807) is 17.0 Å². The van der Waals surface area contributed by atoms with Crippen LogP contribution in [0.25, 0.3) is 5.57 Å². The summed E-state index contributed by atoms with van der Waals surface area (Å²) in [6.45, 7) is 20.1. The zero-order chi connectivity index (χ0) is 36.1. The lowest BCUT2D eigenvalue weighted by molar-refractivity contribution is -0.221. The Bertz CT molecular complexity index is 1740. The molecule has 4 unspecified atom stereocenters. The van der Waals surface area contributed by atoms with Crippen molar-refractivity contribution in [3.05, 3.63) is 65.8 Å². The Labute approximate surface area is 300 Å². The van der Waals surface area contributed by atoms with Crippen LogP contribution in [0.4, 0.5) is 0 Å². The highest BCUT2D eigenvalue weighted by atomic mass is 32.2. The van der Waals surface area contributed by atoms with Crippen molar-refractivity contribution >= 4 is 27.3 Å². The quantitative estimate of drug-likeness (QED) is 0.245. The SMILES string of the molecule is C=C(C)[C@@H]1CC[C@]2(/C=C/C(=O)N3CCS(=O)(=O)CC3)CC[C@]3(C)C(CCC4[C@@]5(C)CC=C(c6ccc(C(=O)O)cc6)C(C)(C)C5CC[C@]43C)C12. The van der Waals surface area contributed by atoms with E-state index in [9.17, 15) is 23.1 Å². The first kappa shape index (κ1) is 35.7. The molecule has 0 radical (unpaired) electrons. The van der Waals surface area contributed by atoms with Crippen molar-refractivity contribution in [3.63, 3.8) is 0 Å². The van der Waals surface area contributed by atoms with E-state index < -0.39 is 15.8 Å². The van der Waals surface area contributed by atoms with Crippen LogP contribution in [0.2, 0.25) is 0 Å². The number of sulfone groups is 1. The van der Waals surface area contributed by atoms with Gasteiger partial charge in [-0.05, 0) is 151 Å². The van der Waals surface area contributed by atoms with Crippen molar-refractivity contribution in [3.8, 4) is 0 Å². The fraction of sp³-hybridized carbons (Fsp3) is 0.674. The number of carbonyl (C=O) groups is 2. The van der Waals surface area contributed by atoms with E-state index in [0.29, 0.717) is 48.2 Å². The summed E-state index contributed by atoms with van der Waals surface area (Å²) in [5.41, 5.74) is 4.68. The summed E-state index contributed by atoms with van der Waals surface area (Å²) >= 11 is 0. The van der Waals surface area contributed by atoms with E-state index in [1.165, 1.54) is 43.3 Å². The molecular formula is C43H59NO5S. The van der Waals surface area contributed by atoms with Gasteiger partial charge in [-0.3, -0.25) is 4.79 Å². The van der Waals surface area contributed by atoms with Crippen molar-refractivity contribution in [2.45, 2.75) is 99.3 Å². The lowest BCUT2D eigenvalue weighted by Gasteiger charge is -2.72. The van der Waals surface area contributed by atoms with Crippen molar-refractivity contribution in [1.29, 1.82) is 0 Å². The third kappa shape index (κ3) is 5.24. The molecule has 1 aromatic rings. The topological polar surface area (TPSA) is 91.8 Å². The van der Waals surface area contributed by atoms with E-state index in [-0.39, 0.29) is 44.5 Å². The normalized spacial score (nSPS) is 41.7. The zero-order valence-corrected chi connectivity index (χ0v) is 32.1. The number of hydrogen-bond donors (Lipinski definition) is 1. The molecule has 4 saturated carbocycles. The average molecular weight is 702 g/mol. The van der Waals surface area contributed by atoms with Gasteiger partial charge in [0.25, 0.3) is 0 Å². The fourth-order valence-corrected chi connectivity index (χ4v) is 14.9. The summed E-state index contributed by atoms with van der Waals surface area (Å²) < 4.78 is 24.0. The van der Waals surface area contributed by atoms with Gasteiger partial charge in [-0.2, -0.15) is 0 Å².